The summed E-state index contributed by atoms with van der Waals surface area (Å²) in [6.07, 6.45) is 1.91. The summed E-state index contributed by atoms with van der Waals surface area (Å²) in [6, 6.07) is 7.14. The van der Waals surface area contributed by atoms with E-state index in [2.05, 4.69) is 10.2 Å². The number of benzene rings is 1. The summed E-state index contributed by atoms with van der Waals surface area (Å²) >= 11 is 5.75. The Kier molecular flexibility index (Phi) is 2.92. The summed E-state index contributed by atoms with van der Waals surface area (Å²) in [5, 5.41) is 5.40. The van der Waals surface area contributed by atoms with Gasteiger partial charge >= 0.3 is 5.56 Å². The van der Waals surface area contributed by atoms with E-state index >= 15 is 0 Å². The highest BCUT2D eigenvalue weighted by Gasteiger charge is 2.03. The average molecular weight is 237 g/mol. The van der Waals surface area contributed by atoms with Crippen molar-refractivity contribution >= 4 is 11.6 Å². The number of aromatic nitrogens is 2. The van der Waals surface area contributed by atoms with E-state index < -0.39 is 11.0 Å². The monoisotopic (exact) mass is 236 g/mol. The molecule has 2 aromatic rings. The summed E-state index contributed by atoms with van der Waals surface area (Å²) in [7, 11) is 0. The molecule has 0 atom stereocenters. The van der Waals surface area contributed by atoms with Crippen LogP contribution in [-0.4, -0.2) is 10.2 Å². The van der Waals surface area contributed by atoms with Crippen LogP contribution in [0, 0.1) is 0 Å². The molecule has 0 spiro atoms. The molecule has 0 unspecified atom stereocenters. The fourth-order valence-corrected chi connectivity index (χ4v) is 1.54. The summed E-state index contributed by atoms with van der Waals surface area (Å²) < 4.78 is 0. The van der Waals surface area contributed by atoms with Crippen molar-refractivity contribution in [1.82, 2.24) is 10.2 Å². The lowest BCUT2D eigenvalue weighted by molar-refractivity contribution is 0.936. The van der Waals surface area contributed by atoms with Crippen LogP contribution in [0.4, 0.5) is 0 Å². The van der Waals surface area contributed by atoms with Gasteiger partial charge in [0.1, 0.15) is 0 Å². The van der Waals surface area contributed by atoms with Gasteiger partial charge < -0.3 is 5.10 Å². The predicted molar refractivity (Wildman–Crippen MR) is 61.9 cm³/mol. The molecule has 2 N–H and O–H groups in total. The van der Waals surface area contributed by atoms with E-state index in [-0.39, 0.29) is 0 Å². The Bertz CT molecular complexity index is 598. The van der Waals surface area contributed by atoms with Crippen molar-refractivity contribution in [3.05, 3.63) is 67.2 Å². The highest BCUT2D eigenvalue weighted by Crippen LogP contribution is 2.11. The second-order valence-corrected chi connectivity index (χ2v) is 3.84. The molecule has 5 heteroatoms. The summed E-state index contributed by atoms with van der Waals surface area (Å²) in [5.41, 5.74) is 0.228. The predicted octanol–water partition coefficient (Wildman–Crippen LogP) is 1.31. The third kappa shape index (κ3) is 2.23. The number of nitrogens with one attached hydrogen (secondary N) is 2. The van der Waals surface area contributed by atoms with Crippen LogP contribution in [0.25, 0.3) is 0 Å². The molecule has 1 aromatic heterocycles. The van der Waals surface area contributed by atoms with Crippen LogP contribution < -0.4 is 11.0 Å². The van der Waals surface area contributed by atoms with Crippen molar-refractivity contribution in [1.29, 1.82) is 0 Å². The van der Waals surface area contributed by atoms with Crippen LogP contribution in [0.5, 0.6) is 0 Å². The van der Waals surface area contributed by atoms with Gasteiger partial charge in [-0.2, -0.15) is 0 Å². The fourth-order valence-electron chi connectivity index (χ4n) is 1.41. The van der Waals surface area contributed by atoms with E-state index in [1.54, 1.807) is 12.1 Å². The second-order valence-electron chi connectivity index (χ2n) is 3.40. The standard InChI is InChI=1S/C11H9ClN2O2/c12-9-3-1-7(2-4-9)5-8-6-13-14-11(16)10(8)15/h1-4,6H,5H2,(H,13,15)(H,14,16). The van der Waals surface area contributed by atoms with Crippen molar-refractivity contribution in [2.45, 2.75) is 6.42 Å². The van der Waals surface area contributed by atoms with Crippen LogP contribution in [0.2, 0.25) is 5.02 Å². The molecule has 0 bridgehead atoms. The van der Waals surface area contributed by atoms with E-state index in [0.717, 1.165) is 5.56 Å². The van der Waals surface area contributed by atoms with Gasteiger partial charge in [-0.1, -0.05) is 23.7 Å². The Balaban J connectivity index is 2.34. The van der Waals surface area contributed by atoms with Gasteiger partial charge in [0.2, 0.25) is 5.43 Å². The van der Waals surface area contributed by atoms with Crippen LogP contribution >= 0.6 is 11.6 Å². The number of aromatic amines is 2. The first-order valence-electron chi connectivity index (χ1n) is 4.70. The lowest BCUT2D eigenvalue weighted by Crippen LogP contribution is -2.30. The van der Waals surface area contributed by atoms with Gasteiger partial charge in [-0.3, -0.25) is 14.7 Å². The largest absolute Gasteiger partial charge is 0.310 e. The highest BCUT2D eigenvalue weighted by atomic mass is 35.5. The van der Waals surface area contributed by atoms with Crippen LogP contribution in [0.3, 0.4) is 0 Å². The van der Waals surface area contributed by atoms with Gasteiger partial charge in [0.15, 0.2) is 0 Å². The zero-order chi connectivity index (χ0) is 11.5. The topological polar surface area (TPSA) is 65.7 Å². The third-order valence-corrected chi connectivity index (χ3v) is 2.49. The minimum absolute atomic E-state index is 0.413. The Hall–Kier alpha value is -1.81. The molecular weight excluding hydrogens is 228 g/mol. The molecule has 82 valence electrons. The molecule has 0 aliphatic heterocycles. The lowest BCUT2D eigenvalue weighted by Gasteiger charge is -2.00. The van der Waals surface area contributed by atoms with Gasteiger partial charge in [0.25, 0.3) is 0 Å². The molecular formula is C11H9ClN2O2. The van der Waals surface area contributed by atoms with Crippen molar-refractivity contribution in [3.63, 3.8) is 0 Å². The van der Waals surface area contributed by atoms with Crippen LogP contribution in [0.15, 0.2) is 40.1 Å². The van der Waals surface area contributed by atoms with Gasteiger partial charge in [-0.15, -0.1) is 0 Å². The maximum absolute atomic E-state index is 11.5. The first-order chi connectivity index (χ1) is 7.66. The first-order valence-corrected chi connectivity index (χ1v) is 5.08. The van der Waals surface area contributed by atoms with Crippen LogP contribution in [0.1, 0.15) is 11.1 Å². The molecule has 0 saturated heterocycles. The van der Waals surface area contributed by atoms with Gasteiger partial charge in [0.05, 0.1) is 0 Å². The molecule has 0 radical (unpaired) electrons. The van der Waals surface area contributed by atoms with Crippen molar-refractivity contribution in [2.24, 2.45) is 0 Å². The first kappa shape index (κ1) is 10.7. The average Bonchev–Trinajstić information content (AvgIpc) is 2.28. The number of rotatable bonds is 2. The zero-order valence-corrected chi connectivity index (χ0v) is 9.04. The minimum Gasteiger partial charge on any atom is -0.305 e. The number of hydrogen-bond donors (Lipinski definition) is 2. The molecule has 1 heterocycles. The van der Waals surface area contributed by atoms with Crippen LogP contribution in [-0.2, 0) is 6.42 Å². The molecule has 0 amide bonds. The summed E-state index contributed by atoms with van der Waals surface area (Å²) in [5.74, 6) is 0. The highest BCUT2D eigenvalue weighted by molar-refractivity contribution is 6.30. The van der Waals surface area contributed by atoms with E-state index in [4.69, 9.17) is 11.6 Å². The maximum Gasteiger partial charge on any atom is 0.310 e. The molecule has 16 heavy (non-hydrogen) atoms. The lowest BCUT2D eigenvalue weighted by atomic mass is 10.1. The molecule has 0 aliphatic rings. The fraction of sp³-hybridized carbons (Fsp3) is 0.0909. The smallest absolute Gasteiger partial charge is 0.305 e. The van der Waals surface area contributed by atoms with E-state index in [0.29, 0.717) is 17.0 Å². The summed E-state index contributed by atoms with van der Waals surface area (Å²) in [6.45, 7) is 0. The molecule has 0 aliphatic carbocycles. The molecule has 0 fully saturated rings. The molecule has 4 nitrogen and oxygen atoms in total. The number of hydrogen-bond acceptors (Lipinski definition) is 2. The number of H-pyrrole nitrogens is 2. The van der Waals surface area contributed by atoms with Gasteiger partial charge in [0, 0.05) is 23.2 Å². The van der Waals surface area contributed by atoms with E-state index in [1.165, 1.54) is 6.20 Å². The quantitative estimate of drug-likeness (QED) is 0.772. The summed E-state index contributed by atoms with van der Waals surface area (Å²) in [4.78, 5) is 22.5. The Morgan fingerprint density at radius 1 is 1.12 bits per heavy atom. The molecule has 2 rings (SSSR count). The van der Waals surface area contributed by atoms with E-state index in [1.807, 2.05) is 12.1 Å². The third-order valence-electron chi connectivity index (χ3n) is 2.24. The minimum atomic E-state index is -0.633. The van der Waals surface area contributed by atoms with Crippen molar-refractivity contribution in [2.75, 3.05) is 0 Å². The number of halogens is 1. The normalized spacial score (nSPS) is 10.3. The molecule has 1 aromatic carbocycles. The second kappa shape index (κ2) is 4.37. The SMILES string of the molecule is O=c1[nH][nH]cc(Cc2ccc(Cl)cc2)c1=O. The van der Waals surface area contributed by atoms with E-state index in [9.17, 15) is 9.59 Å². The Morgan fingerprint density at radius 3 is 2.50 bits per heavy atom. The van der Waals surface area contributed by atoms with Crippen molar-refractivity contribution in [3.8, 4) is 0 Å². The Morgan fingerprint density at radius 2 is 1.81 bits per heavy atom. The Labute approximate surface area is 95.9 Å². The van der Waals surface area contributed by atoms with Gasteiger partial charge in [-0.05, 0) is 17.7 Å². The molecule has 0 saturated carbocycles. The van der Waals surface area contributed by atoms with Crippen molar-refractivity contribution < 1.29 is 0 Å². The zero-order valence-electron chi connectivity index (χ0n) is 8.29. The maximum atomic E-state index is 11.5. The van der Waals surface area contributed by atoms with Gasteiger partial charge in [-0.25, -0.2) is 0 Å².